The van der Waals surface area contributed by atoms with E-state index in [0.717, 1.165) is 11.4 Å². The molecule has 0 aromatic carbocycles. The SMILES string of the molecule is Cn1cccc1-c1csc(NC(=O)CCOCC(F)(F)F)n1. The molecule has 1 amide bonds. The van der Waals surface area contributed by atoms with E-state index in [1.807, 2.05) is 29.9 Å². The molecule has 2 aromatic rings. The number of rotatable bonds is 6. The van der Waals surface area contributed by atoms with Crippen LogP contribution in [0.15, 0.2) is 23.7 Å². The zero-order valence-corrected chi connectivity index (χ0v) is 12.5. The second kappa shape index (κ2) is 6.93. The molecule has 0 fully saturated rings. The van der Waals surface area contributed by atoms with Crippen molar-refractivity contribution in [2.75, 3.05) is 18.5 Å². The predicted octanol–water partition coefficient (Wildman–Crippen LogP) is 3.06. The van der Waals surface area contributed by atoms with Crippen LogP contribution in [-0.2, 0) is 16.6 Å². The highest BCUT2D eigenvalue weighted by atomic mass is 32.1. The molecule has 1 N–H and O–H groups in total. The summed E-state index contributed by atoms with van der Waals surface area (Å²) in [7, 11) is 1.88. The molecule has 0 aliphatic carbocycles. The van der Waals surface area contributed by atoms with Crippen LogP contribution in [0, 0.1) is 0 Å². The Balaban J connectivity index is 1.80. The summed E-state index contributed by atoms with van der Waals surface area (Å²) in [6.45, 7) is -1.64. The highest BCUT2D eigenvalue weighted by Crippen LogP contribution is 2.24. The first-order chi connectivity index (χ1) is 10.3. The number of hydrogen-bond donors (Lipinski definition) is 1. The zero-order valence-electron chi connectivity index (χ0n) is 11.7. The summed E-state index contributed by atoms with van der Waals surface area (Å²) in [6, 6.07) is 3.77. The van der Waals surface area contributed by atoms with Crippen molar-refractivity contribution in [3.63, 3.8) is 0 Å². The number of carbonyl (C=O) groups is 1. The van der Waals surface area contributed by atoms with E-state index in [2.05, 4.69) is 15.0 Å². The molecular weight excluding hydrogens is 319 g/mol. The van der Waals surface area contributed by atoms with Crippen molar-refractivity contribution in [2.45, 2.75) is 12.6 Å². The van der Waals surface area contributed by atoms with E-state index in [1.165, 1.54) is 11.3 Å². The molecule has 0 aliphatic rings. The molecule has 0 radical (unpaired) electrons. The van der Waals surface area contributed by atoms with Crippen LogP contribution in [0.25, 0.3) is 11.4 Å². The van der Waals surface area contributed by atoms with E-state index in [0.29, 0.717) is 5.13 Å². The van der Waals surface area contributed by atoms with Gasteiger partial charge in [0, 0.05) is 18.6 Å². The van der Waals surface area contributed by atoms with Crippen LogP contribution in [0.3, 0.4) is 0 Å². The number of halogens is 3. The maximum Gasteiger partial charge on any atom is 0.411 e. The second-order valence-corrected chi connectivity index (χ2v) is 5.37. The maximum absolute atomic E-state index is 11.9. The number of hydrogen-bond acceptors (Lipinski definition) is 4. The fourth-order valence-electron chi connectivity index (χ4n) is 1.71. The Kier molecular flexibility index (Phi) is 5.19. The maximum atomic E-state index is 11.9. The summed E-state index contributed by atoms with van der Waals surface area (Å²) in [5, 5.41) is 4.74. The number of ether oxygens (including phenoxy) is 1. The first-order valence-electron chi connectivity index (χ1n) is 6.37. The van der Waals surface area contributed by atoms with Crippen LogP contribution in [0.1, 0.15) is 6.42 Å². The fraction of sp³-hybridized carbons (Fsp3) is 0.385. The van der Waals surface area contributed by atoms with Crippen LogP contribution < -0.4 is 5.32 Å². The van der Waals surface area contributed by atoms with Gasteiger partial charge >= 0.3 is 6.18 Å². The summed E-state index contributed by atoms with van der Waals surface area (Å²) in [5.41, 5.74) is 1.63. The van der Waals surface area contributed by atoms with Gasteiger partial charge in [-0.15, -0.1) is 11.3 Å². The average Bonchev–Trinajstić information content (AvgIpc) is 3.02. The predicted molar refractivity (Wildman–Crippen MR) is 76.6 cm³/mol. The lowest BCUT2D eigenvalue weighted by Gasteiger charge is -2.07. The number of amides is 1. The van der Waals surface area contributed by atoms with Crippen LogP contribution in [0.4, 0.5) is 18.3 Å². The van der Waals surface area contributed by atoms with Gasteiger partial charge in [-0.25, -0.2) is 4.98 Å². The zero-order chi connectivity index (χ0) is 16.2. The van der Waals surface area contributed by atoms with E-state index in [4.69, 9.17) is 0 Å². The van der Waals surface area contributed by atoms with E-state index in [-0.39, 0.29) is 13.0 Å². The number of nitrogens with zero attached hydrogens (tertiary/aromatic N) is 2. The van der Waals surface area contributed by atoms with Gasteiger partial charge in [-0.1, -0.05) is 0 Å². The number of nitrogens with one attached hydrogen (secondary N) is 1. The first-order valence-corrected chi connectivity index (χ1v) is 7.25. The van der Waals surface area contributed by atoms with E-state index < -0.39 is 18.7 Å². The topological polar surface area (TPSA) is 56.2 Å². The summed E-state index contributed by atoms with van der Waals surface area (Å²) in [6.07, 6.45) is -2.66. The number of aromatic nitrogens is 2. The largest absolute Gasteiger partial charge is 0.411 e. The Bertz CT molecular complexity index is 637. The van der Waals surface area contributed by atoms with Gasteiger partial charge in [-0.2, -0.15) is 13.2 Å². The van der Waals surface area contributed by atoms with Gasteiger partial charge in [0.05, 0.1) is 24.4 Å². The lowest BCUT2D eigenvalue weighted by atomic mass is 10.3. The van der Waals surface area contributed by atoms with Crippen molar-refractivity contribution in [3.8, 4) is 11.4 Å². The monoisotopic (exact) mass is 333 g/mol. The lowest BCUT2D eigenvalue weighted by molar-refractivity contribution is -0.174. The highest BCUT2D eigenvalue weighted by Gasteiger charge is 2.27. The molecule has 2 rings (SSSR count). The van der Waals surface area contributed by atoms with Crippen molar-refractivity contribution < 1.29 is 22.7 Å². The Morgan fingerprint density at radius 2 is 2.27 bits per heavy atom. The Labute approximate surface area is 128 Å². The van der Waals surface area contributed by atoms with E-state index >= 15 is 0 Å². The Morgan fingerprint density at radius 1 is 1.50 bits per heavy atom. The molecule has 2 aromatic heterocycles. The van der Waals surface area contributed by atoms with Crippen molar-refractivity contribution in [1.82, 2.24) is 9.55 Å². The molecule has 22 heavy (non-hydrogen) atoms. The third-order valence-electron chi connectivity index (χ3n) is 2.70. The third kappa shape index (κ3) is 4.85. The van der Waals surface area contributed by atoms with Gasteiger partial charge in [-0.05, 0) is 12.1 Å². The molecule has 0 aliphatic heterocycles. The van der Waals surface area contributed by atoms with Crippen LogP contribution in [0.2, 0.25) is 0 Å². The molecule has 9 heteroatoms. The normalized spacial score (nSPS) is 11.6. The summed E-state index contributed by atoms with van der Waals surface area (Å²) in [4.78, 5) is 15.9. The molecule has 2 heterocycles. The van der Waals surface area contributed by atoms with Gasteiger partial charge < -0.3 is 14.6 Å². The van der Waals surface area contributed by atoms with Crippen molar-refractivity contribution in [3.05, 3.63) is 23.7 Å². The van der Waals surface area contributed by atoms with Gasteiger partial charge in [-0.3, -0.25) is 4.79 Å². The van der Waals surface area contributed by atoms with Crippen LogP contribution >= 0.6 is 11.3 Å². The quantitative estimate of drug-likeness (QED) is 0.827. The Hall–Kier alpha value is -1.87. The molecule has 0 saturated carbocycles. The molecule has 0 spiro atoms. The fourth-order valence-corrected chi connectivity index (χ4v) is 2.43. The van der Waals surface area contributed by atoms with Gasteiger partial charge in [0.15, 0.2) is 5.13 Å². The molecular formula is C13H14F3N3O2S. The van der Waals surface area contributed by atoms with Crippen molar-refractivity contribution in [2.24, 2.45) is 7.05 Å². The molecule has 5 nitrogen and oxygen atoms in total. The first kappa shape index (κ1) is 16.5. The lowest BCUT2D eigenvalue weighted by Crippen LogP contribution is -2.20. The number of anilines is 1. The standard InChI is InChI=1S/C13H14F3N3O2S/c1-19-5-2-3-10(19)9-7-22-12(17-9)18-11(20)4-6-21-8-13(14,15)16/h2-3,5,7H,4,6,8H2,1H3,(H,17,18,20). The average molecular weight is 333 g/mol. The van der Waals surface area contributed by atoms with Crippen molar-refractivity contribution >= 4 is 22.4 Å². The second-order valence-electron chi connectivity index (χ2n) is 4.51. The number of alkyl halides is 3. The summed E-state index contributed by atoms with van der Waals surface area (Å²) < 4.78 is 41.9. The minimum atomic E-state index is -4.38. The number of thiazole rings is 1. The molecule has 0 unspecified atom stereocenters. The summed E-state index contributed by atoms with van der Waals surface area (Å²) in [5.74, 6) is -0.435. The molecule has 0 saturated heterocycles. The third-order valence-corrected chi connectivity index (χ3v) is 3.45. The van der Waals surface area contributed by atoms with Gasteiger partial charge in [0.25, 0.3) is 0 Å². The minimum Gasteiger partial charge on any atom is -0.372 e. The van der Waals surface area contributed by atoms with Gasteiger partial charge in [0.1, 0.15) is 6.61 Å². The van der Waals surface area contributed by atoms with Crippen LogP contribution in [0.5, 0.6) is 0 Å². The Morgan fingerprint density at radius 3 is 2.91 bits per heavy atom. The number of carbonyl (C=O) groups excluding carboxylic acids is 1. The molecule has 0 atom stereocenters. The highest BCUT2D eigenvalue weighted by molar-refractivity contribution is 7.14. The molecule has 0 bridgehead atoms. The minimum absolute atomic E-state index is 0.158. The van der Waals surface area contributed by atoms with Gasteiger partial charge in [0.2, 0.25) is 5.91 Å². The van der Waals surface area contributed by atoms with Crippen LogP contribution in [-0.4, -0.2) is 34.8 Å². The number of aryl methyl sites for hydroxylation is 1. The van der Waals surface area contributed by atoms with E-state index in [9.17, 15) is 18.0 Å². The smallest absolute Gasteiger partial charge is 0.372 e. The van der Waals surface area contributed by atoms with Crippen molar-refractivity contribution in [1.29, 1.82) is 0 Å². The summed E-state index contributed by atoms with van der Waals surface area (Å²) >= 11 is 1.25. The molecule has 120 valence electrons. The van der Waals surface area contributed by atoms with E-state index in [1.54, 1.807) is 5.38 Å².